The Balaban J connectivity index is 1.19. The lowest BCUT2D eigenvalue weighted by Gasteiger charge is -2.16. The molecule has 0 fully saturated rings. The van der Waals surface area contributed by atoms with Crippen LogP contribution in [0.2, 0.25) is 0 Å². The maximum atomic E-state index is 13.5. The number of allylic oxidation sites excluding steroid dienone is 1. The Morgan fingerprint density at radius 1 is 0.891 bits per heavy atom. The molecule has 4 aromatic carbocycles. The number of hydrogen-bond donors (Lipinski definition) is 5. The second kappa shape index (κ2) is 13.5. The van der Waals surface area contributed by atoms with Gasteiger partial charge in [0, 0.05) is 11.3 Å². The standard InChI is InChI=1S/C35H33F3N6O2/c1-22-8-11-26(12-9-22)32-21-34(35(36,37)38)43-44(32)29-17-14-27(15-18-29)40-39-23(2)10-13-25-6-4-5-7-31(25)42-41-28-16-19-33(46)30(20-28)24(3)45/h4-9,11-12,14-21,39-42,46H,2,10,13H2,1,3H3. The Bertz CT molecular complexity index is 1850. The molecule has 1 aromatic heterocycles. The number of nitrogens with zero attached hydrogens (tertiary/aromatic N) is 2. The number of alkyl halides is 3. The Hall–Kier alpha value is -5.71. The van der Waals surface area contributed by atoms with Gasteiger partial charge in [-0.1, -0.05) is 54.6 Å². The number of para-hydroxylation sites is 1. The van der Waals surface area contributed by atoms with Crippen LogP contribution >= 0.6 is 0 Å². The third-order valence-electron chi connectivity index (χ3n) is 7.27. The molecular weight excluding hydrogens is 593 g/mol. The number of carbonyl (C=O) groups excluding carboxylic acids is 1. The van der Waals surface area contributed by atoms with Gasteiger partial charge in [-0.05, 0) is 86.8 Å². The topological polar surface area (TPSA) is 103 Å². The molecule has 0 aliphatic rings. The van der Waals surface area contributed by atoms with Gasteiger partial charge in [0.25, 0.3) is 0 Å². The number of Topliss-reactive ketones (excluding diaryl/α,β-unsaturated/α-hetero) is 1. The zero-order chi connectivity index (χ0) is 32.8. The number of benzene rings is 4. The van der Waals surface area contributed by atoms with E-state index < -0.39 is 11.9 Å². The van der Waals surface area contributed by atoms with E-state index in [0.717, 1.165) is 28.6 Å². The van der Waals surface area contributed by atoms with Crippen LogP contribution in [-0.4, -0.2) is 20.7 Å². The van der Waals surface area contributed by atoms with E-state index in [1.54, 1.807) is 48.5 Å². The minimum absolute atomic E-state index is 0.0706. The predicted octanol–water partition coefficient (Wildman–Crippen LogP) is 8.28. The highest BCUT2D eigenvalue weighted by Crippen LogP contribution is 2.33. The first-order valence-electron chi connectivity index (χ1n) is 14.5. The van der Waals surface area contributed by atoms with E-state index >= 15 is 0 Å². The molecule has 46 heavy (non-hydrogen) atoms. The lowest BCUT2D eigenvalue weighted by molar-refractivity contribution is -0.141. The van der Waals surface area contributed by atoms with Crippen LogP contribution in [0.3, 0.4) is 0 Å². The molecule has 0 radical (unpaired) electrons. The molecular formula is C35H33F3N6O2. The molecule has 0 saturated carbocycles. The van der Waals surface area contributed by atoms with E-state index in [2.05, 4.69) is 33.4 Å². The second-order valence-corrected chi connectivity index (χ2v) is 10.8. The summed E-state index contributed by atoms with van der Waals surface area (Å²) in [4.78, 5) is 11.7. The fourth-order valence-electron chi connectivity index (χ4n) is 4.74. The average molecular weight is 627 g/mol. The maximum absolute atomic E-state index is 13.5. The van der Waals surface area contributed by atoms with Gasteiger partial charge in [0.1, 0.15) is 5.75 Å². The summed E-state index contributed by atoms with van der Waals surface area (Å²) in [5.74, 6) is -0.305. The molecule has 0 amide bonds. The quantitative estimate of drug-likeness (QED) is 0.0540. The number of anilines is 3. The first-order valence-corrected chi connectivity index (χ1v) is 14.5. The summed E-state index contributed by atoms with van der Waals surface area (Å²) in [6, 6.07) is 27.7. The summed E-state index contributed by atoms with van der Waals surface area (Å²) in [6.45, 7) is 7.41. The van der Waals surface area contributed by atoms with Crippen molar-refractivity contribution >= 4 is 22.8 Å². The van der Waals surface area contributed by atoms with Crippen LogP contribution in [0.5, 0.6) is 5.75 Å². The fourth-order valence-corrected chi connectivity index (χ4v) is 4.74. The van der Waals surface area contributed by atoms with E-state index in [0.29, 0.717) is 41.2 Å². The summed E-state index contributed by atoms with van der Waals surface area (Å²) in [5, 5.41) is 13.8. The number of hydrogen-bond acceptors (Lipinski definition) is 7. The third kappa shape index (κ3) is 7.68. The zero-order valence-electron chi connectivity index (χ0n) is 25.2. The van der Waals surface area contributed by atoms with Gasteiger partial charge in [-0.15, -0.1) is 0 Å². The Morgan fingerprint density at radius 3 is 2.28 bits per heavy atom. The number of halogens is 3. The van der Waals surface area contributed by atoms with Crippen LogP contribution < -0.4 is 21.7 Å². The molecule has 0 bridgehead atoms. The number of rotatable bonds is 12. The minimum atomic E-state index is -4.57. The lowest BCUT2D eigenvalue weighted by Crippen LogP contribution is -2.20. The molecule has 8 nitrogen and oxygen atoms in total. The monoisotopic (exact) mass is 626 g/mol. The number of hydrazine groups is 2. The SMILES string of the molecule is C=C(CCc1ccccc1NNc1ccc(O)c(C(C)=O)c1)NNc1ccc(-n2nc(C(F)(F)F)cc2-c2ccc(C)cc2)cc1. The van der Waals surface area contributed by atoms with Gasteiger partial charge in [0.15, 0.2) is 11.5 Å². The van der Waals surface area contributed by atoms with Gasteiger partial charge in [-0.25, -0.2) is 4.68 Å². The molecule has 0 spiro atoms. The average Bonchev–Trinajstić information content (AvgIpc) is 3.50. The largest absolute Gasteiger partial charge is 0.507 e. The number of aromatic nitrogens is 2. The summed E-state index contributed by atoms with van der Waals surface area (Å²) in [7, 11) is 0. The molecule has 0 aliphatic heterocycles. The van der Waals surface area contributed by atoms with Crippen LogP contribution in [0, 0.1) is 6.92 Å². The molecule has 0 unspecified atom stereocenters. The van der Waals surface area contributed by atoms with Gasteiger partial charge in [0.2, 0.25) is 0 Å². The second-order valence-electron chi connectivity index (χ2n) is 10.8. The molecule has 0 atom stereocenters. The maximum Gasteiger partial charge on any atom is 0.435 e. The zero-order valence-corrected chi connectivity index (χ0v) is 25.2. The number of phenolic OH excluding ortho intramolecular Hbond substituents is 1. The third-order valence-corrected chi connectivity index (χ3v) is 7.27. The Kier molecular flexibility index (Phi) is 9.31. The van der Waals surface area contributed by atoms with Crippen molar-refractivity contribution in [1.29, 1.82) is 0 Å². The van der Waals surface area contributed by atoms with Crippen LogP contribution in [0.1, 0.15) is 40.5 Å². The van der Waals surface area contributed by atoms with Gasteiger partial charge in [-0.3, -0.25) is 4.79 Å². The van der Waals surface area contributed by atoms with Crippen LogP contribution in [-0.2, 0) is 12.6 Å². The molecule has 5 rings (SSSR count). The van der Waals surface area contributed by atoms with Crippen LogP contribution in [0.15, 0.2) is 109 Å². The highest BCUT2D eigenvalue weighted by atomic mass is 19.4. The Morgan fingerprint density at radius 2 is 1.59 bits per heavy atom. The van der Waals surface area contributed by atoms with Crippen molar-refractivity contribution in [3.8, 4) is 22.7 Å². The van der Waals surface area contributed by atoms with Gasteiger partial charge < -0.3 is 26.8 Å². The van der Waals surface area contributed by atoms with E-state index in [4.69, 9.17) is 0 Å². The van der Waals surface area contributed by atoms with Gasteiger partial charge in [0.05, 0.1) is 34.0 Å². The summed E-state index contributed by atoms with van der Waals surface area (Å²) in [6.07, 6.45) is -3.31. The number of phenols is 1. The van der Waals surface area contributed by atoms with Crippen molar-refractivity contribution in [3.05, 3.63) is 132 Å². The normalized spacial score (nSPS) is 11.2. The molecule has 236 valence electrons. The van der Waals surface area contributed by atoms with Crippen molar-refractivity contribution in [2.24, 2.45) is 0 Å². The first-order chi connectivity index (χ1) is 22.0. The van der Waals surface area contributed by atoms with Gasteiger partial charge >= 0.3 is 6.18 Å². The highest BCUT2D eigenvalue weighted by molar-refractivity contribution is 5.97. The van der Waals surface area contributed by atoms with Gasteiger partial charge in [-0.2, -0.15) is 18.3 Å². The molecule has 1 heterocycles. The predicted molar refractivity (Wildman–Crippen MR) is 175 cm³/mol. The van der Waals surface area contributed by atoms with Crippen molar-refractivity contribution in [1.82, 2.24) is 15.2 Å². The van der Waals surface area contributed by atoms with Crippen molar-refractivity contribution in [2.45, 2.75) is 32.9 Å². The first kappa shape index (κ1) is 31.7. The van der Waals surface area contributed by atoms with E-state index in [1.807, 2.05) is 43.3 Å². The molecule has 0 saturated heterocycles. The number of carbonyl (C=O) groups is 1. The molecule has 5 aromatic rings. The highest BCUT2D eigenvalue weighted by Gasteiger charge is 2.35. The van der Waals surface area contributed by atoms with Crippen LogP contribution in [0.4, 0.5) is 30.2 Å². The van der Waals surface area contributed by atoms with Crippen molar-refractivity contribution < 1.29 is 23.1 Å². The van der Waals surface area contributed by atoms with Crippen molar-refractivity contribution in [3.63, 3.8) is 0 Å². The minimum Gasteiger partial charge on any atom is -0.507 e. The molecule has 5 N–H and O–H groups in total. The molecule has 11 heteroatoms. The number of aromatic hydroxyl groups is 1. The fraction of sp³-hybridized carbons (Fsp3) is 0.143. The van der Waals surface area contributed by atoms with E-state index in [9.17, 15) is 23.1 Å². The summed E-state index contributed by atoms with van der Waals surface area (Å²) >= 11 is 0. The number of nitrogens with one attached hydrogen (secondary N) is 4. The van der Waals surface area contributed by atoms with E-state index in [1.165, 1.54) is 17.7 Å². The number of ketones is 1. The lowest BCUT2D eigenvalue weighted by atomic mass is 10.1. The van der Waals surface area contributed by atoms with E-state index in [-0.39, 0.29) is 17.1 Å². The van der Waals surface area contributed by atoms with Crippen LogP contribution in [0.25, 0.3) is 16.9 Å². The van der Waals surface area contributed by atoms with Crippen molar-refractivity contribution in [2.75, 3.05) is 16.3 Å². The Labute approximate surface area is 264 Å². The number of aryl methyl sites for hydroxylation is 2. The molecule has 0 aliphatic carbocycles. The summed E-state index contributed by atoms with van der Waals surface area (Å²) < 4.78 is 41.9. The smallest absolute Gasteiger partial charge is 0.435 e. The summed E-state index contributed by atoms with van der Waals surface area (Å²) in [5.41, 5.74) is 18.0.